The second-order valence-corrected chi connectivity index (χ2v) is 7.72. The van der Waals surface area contributed by atoms with E-state index in [9.17, 15) is 19.8 Å². The van der Waals surface area contributed by atoms with E-state index in [4.69, 9.17) is 0 Å². The molecule has 134 valence electrons. The van der Waals surface area contributed by atoms with Crippen molar-refractivity contribution in [2.24, 2.45) is 16.7 Å². The van der Waals surface area contributed by atoms with Crippen molar-refractivity contribution < 1.29 is 19.8 Å². The van der Waals surface area contributed by atoms with Gasteiger partial charge in [-0.1, -0.05) is 65.7 Å². The van der Waals surface area contributed by atoms with Crippen molar-refractivity contribution in [1.82, 2.24) is 0 Å². The molecule has 1 aliphatic rings. The van der Waals surface area contributed by atoms with Gasteiger partial charge in [-0.05, 0) is 31.6 Å². The van der Waals surface area contributed by atoms with Gasteiger partial charge in [-0.2, -0.15) is 0 Å². The molecule has 0 amide bonds. The molecule has 2 N–H and O–H groups in total. The third-order valence-corrected chi connectivity index (χ3v) is 5.75. The number of carboxylic acids is 2. The molecular formula is C19H34O4. The Hall–Kier alpha value is -1.06. The average molecular weight is 326 g/mol. The minimum Gasteiger partial charge on any atom is -0.481 e. The molecule has 0 radical (unpaired) electrons. The van der Waals surface area contributed by atoms with Crippen molar-refractivity contribution in [3.8, 4) is 0 Å². The Bertz CT molecular complexity index is 400. The molecule has 2 unspecified atom stereocenters. The van der Waals surface area contributed by atoms with Crippen LogP contribution in [0.25, 0.3) is 0 Å². The van der Waals surface area contributed by atoms with Crippen molar-refractivity contribution in [1.29, 1.82) is 0 Å². The molecule has 0 bridgehead atoms. The SMILES string of the molecule is CCCC1(C(=O)O)CCCCC1(CCCCCC(C)C)C(=O)O. The fourth-order valence-corrected chi connectivity index (χ4v) is 4.48. The van der Waals surface area contributed by atoms with Crippen LogP contribution in [0.5, 0.6) is 0 Å². The number of carbonyl (C=O) groups is 2. The first-order chi connectivity index (χ1) is 10.8. The Morgan fingerprint density at radius 1 is 0.913 bits per heavy atom. The van der Waals surface area contributed by atoms with E-state index < -0.39 is 22.8 Å². The van der Waals surface area contributed by atoms with Crippen LogP contribution in [0.15, 0.2) is 0 Å². The third-order valence-electron chi connectivity index (χ3n) is 5.75. The van der Waals surface area contributed by atoms with E-state index in [1.54, 1.807) is 0 Å². The smallest absolute Gasteiger partial charge is 0.310 e. The van der Waals surface area contributed by atoms with Gasteiger partial charge in [-0.25, -0.2) is 0 Å². The van der Waals surface area contributed by atoms with E-state index >= 15 is 0 Å². The van der Waals surface area contributed by atoms with Gasteiger partial charge in [0.15, 0.2) is 0 Å². The molecule has 0 aromatic rings. The predicted octanol–water partition coefficient (Wildman–Crippen LogP) is 5.11. The molecule has 0 saturated heterocycles. The summed E-state index contributed by atoms with van der Waals surface area (Å²) < 4.78 is 0. The van der Waals surface area contributed by atoms with Gasteiger partial charge in [0.25, 0.3) is 0 Å². The zero-order chi connectivity index (χ0) is 17.5. The van der Waals surface area contributed by atoms with E-state index in [1.807, 2.05) is 6.92 Å². The van der Waals surface area contributed by atoms with E-state index in [2.05, 4.69) is 13.8 Å². The second-order valence-electron chi connectivity index (χ2n) is 7.72. The first-order valence-electron chi connectivity index (χ1n) is 9.29. The summed E-state index contributed by atoms with van der Waals surface area (Å²) in [5.74, 6) is -1.13. The largest absolute Gasteiger partial charge is 0.481 e. The molecule has 1 saturated carbocycles. The molecule has 0 aliphatic heterocycles. The van der Waals surface area contributed by atoms with Gasteiger partial charge in [0.1, 0.15) is 0 Å². The second kappa shape index (κ2) is 8.70. The van der Waals surface area contributed by atoms with Crippen molar-refractivity contribution in [2.75, 3.05) is 0 Å². The first-order valence-corrected chi connectivity index (χ1v) is 9.29. The van der Waals surface area contributed by atoms with Crippen molar-refractivity contribution >= 4 is 11.9 Å². The van der Waals surface area contributed by atoms with E-state index in [0.717, 1.165) is 38.5 Å². The van der Waals surface area contributed by atoms with E-state index in [0.29, 0.717) is 38.0 Å². The lowest BCUT2D eigenvalue weighted by Crippen LogP contribution is -2.54. The highest BCUT2D eigenvalue weighted by atomic mass is 16.4. The van der Waals surface area contributed by atoms with Crippen LogP contribution in [0.3, 0.4) is 0 Å². The Labute approximate surface area is 140 Å². The molecule has 2 atom stereocenters. The van der Waals surface area contributed by atoms with Crippen LogP contribution in [0.4, 0.5) is 0 Å². The highest BCUT2D eigenvalue weighted by Crippen LogP contribution is 2.56. The summed E-state index contributed by atoms with van der Waals surface area (Å²) in [6.07, 6.45) is 8.44. The van der Waals surface area contributed by atoms with Gasteiger partial charge in [0, 0.05) is 0 Å². The van der Waals surface area contributed by atoms with Crippen LogP contribution in [0, 0.1) is 16.7 Å². The molecule has 0 aromatic heterocycles. The maximum Gasteiger partial charge on any atom is 0.310 e. The molecule has 1 aliphatic carbocycles. The molecular weight excluding hydrogens is 292 g/mol. The van der Waals surface area contributed by atoms with Crippen LogP contribution in [0.2, 0.25) is 0 Å². The molecule has 1 rings (SSSR count). The Morgan fingerprint density at radius 2 is 1.43 bits per heavy atom. The summed E-state index contributed by atoms with van der Waals surface area (Å²) in [6.45, 7) is 6.34. The quantitative estimate of drug-likeness (QED) is 0.547. The maximum atomic E-state index is 12.2. The fraction of sp³-hybridized carbons (Fsp3) is 0.895. The van der Waals surface area contributed by atoms with Crippen LogP contribution >= 0.6 is 0 Å². The molecule has 0 spiro atoms. The van der Waals surface area contributed by atoms with Gasteiger partial charge < -0.3 is 10.2 Å². The van der Waals surface area contributed by atoms with Crippen LogP contribution in [-0.4, -0.2) is 22.2 Å². The number of rotatable bonds is 10. The highest BCUT2D eigenvalue weighted by molar-refractivity contribution is 5.87. The molecule has 4 heteroatoms. The number of unbranched alkanes of at least 4 members (excludes halogenated alkanes) is 2. The molecule has 1 fully saturated rings. The molecule has 0 aromatic carbocycles. The first kappa shape index (κ1) is 20.0. The zero-order valence-electron chi connectivity index (χ0n) is 15.1. The molecule has 0 heterocycles. The topological polar surface area (TPSA) is 74.6 Å². The monoisotopic (exact) mass is 326 g/mol. The molecule has 4 nitrogen and oxygen atoms in total. The molecule has 23 heavy (non-hydrogen) atoms. The Morgan fingerprint density at radius 3 is 1.87 bits per heavy atom. The minimum atomic E-state index is -1.08. The van der Waals surface area contributed by atoms with Crippen LogP contribution < -0.4 is 0 Å². The van der Waals surface area contributed by atoms with Gasteiger partial charge in [0.2, 0.25) is 0 Å². The lowest BCUT2D eigenvalue weighted by atomic mass is 9.52. The van der Waals surface area contributed by atoms with Gasteiger partial charge in [0.05, 0.1) is 10.8 Å². The van der Waals surface area contributed by atoms with Crippen molar-refractivity contribution in [3.05, 3.63) is 0 Å². The third kappa shape index (κ3) is 4.27. The average Bonchev–Trinajstić information content (AvgIpc) is 2.47. The van der Waals surface area contributed by atoms with Crippen molar-refractivity contribution in [3.63, 3.8) is 0 Å². The van der Waals surface area contributed by atoms with Crippen molar-refractivity contribution in [2.45, 2.75) is 91.4 Å². The summed E-state index contributed by atoms with van der Waals surface area (Å²) in [7, 11) is 0. The number of hydrogen-bond donors (Lipinski definition) is 2. The van der Waals surface area contributed by atoms with E-state index in [1.165, 1.54) is 0 Å². The minimum absolute atomic E-state index is 0.473. The maximum absolute atomic E-state index is 12.2. The fourth-order valence-electron chi connectivity index (χ4n) is 4.48. The zero-order valence-corrected chi connectivity index (χ0v) is 15.1. The van der Waals surface area contributed by atoms with Gasteiger partial charge in [-0.15, -0.1) is 0 Å². The lowest BCUT2D eigenvalue weighted by Gasteiger charge is -2.48. The standard InChI is InChI=1S/C19H34O4/c1-4-11-18(16(20)21)13-8-9-14-19(18,17(22)23)12-7-5-6-10-15(2)3/h15H,4-14H2,1-3H3,(H,20,21)(H,22,23). The number of carboxylic acid groups (broad SMARTS) is 2. The Kier molecular flexibility index (Phi) is 7.56. The van der Waals surface area contributed by atoms with Gasteiger partial charge >= 0.3 is 11.9 Å². The summed E-state index contributed by atoms with van der Waals surface area (Å²) in [4.78, 5) is 24.3. The lowest BCUT2D eigenvalue weighted by molar-refractivity contribution is -0.182. The highest BCUT2D eigenvalue weighted by Gasteiger charge is 2.60. The predicted molar refractivity (Wildman–Crippen MR) is 91.4 cm³/mol. The van der Waals surface area contributed by atoms with Crippen LogP contribution in [-0.2, 0) is 9.59 Å². The number of aliphatic carboxylic acids is 2. The summed E-state index contributed by atoms with van der Waals surface area (Å²) in [5.41, 5.74) is -2.16. The number of hydrogen-bond acceptors (Lipinski definition) is 2. The van der Waals surface area contributed by atoms with Crippen LogP contribution in [0.1, 0.15) is 91.4 Å². The summed E-state index contributed by atoms with van der Waals surface area (Å²) in [6, 6.07) is 0. The van der Waals surface area contributed by atoms with E-state index in [-0.39, 0.29) is 0 Å². The van der Waals surface area contributed by atoms with Gasteiger partial charge in [-0.3, -0.25) is 9.59 Å². The normalized spacial score (nSPS) is 28.0. The summed E-state index contributed by atoms with van der Waals surface area (Å²) >= 11 is 0. The Balaban J connectivity index is 2.93. The summed E-state index contributed by atoms with van der Waals surface area (Å²) in [5, 5.41) is 19.9.